The minimum Gasteiger partial charge on any atom is -0.390 e. The van der Waals surface area contributed by atoms with Crippen molar-refractivity contribution < 1.29 is 13.9 Å². The molecule has 0 aliphatic carbocycles. The number of thioether (sulfide) groups is 1. The predicted molar refractivity (Wildman–Crippen MR) is 131 cm³/mol. The van der Waals surface area contributed by atoms with Crippen LogP contribution in [-0.4, -0.2) is 29.5 Å². The van der Waals surface area contributed by atoms with Gasteiger partial charge in [0.2, 0.25) is 0 Å². The highest BCUT2D eigenvalue weighted by molar-refractivity contribution is 7.98. The first kappa shape index (κ1) is 23.2. The lowest BCUT2D eigenvalue weighted by Gasteiger charge is -2.30. The van der Waals surface area contributed by atoms with Crippen molar-refractivity contribution in [3.63, 3.8) is 0 Å². The van der Waals surface area contributed by atoms with Crippen molar-refractivity contribution in [3.05, 3.63) is 87.8 Å². The monoisotopic (exact) mass is 474 g/mol. The predicted octanol–water partition coefficient (Wildman–Crippen LogP) is 5.55. The molecule has 3 unspecified atom stereocenters. The van der Waals surface area contributed by atoms with Crippen LogP contribution in [0.4, 0.5) is 13.8 Å². The van der Waals surface area contributed by atoms with E-state index in [1.807, 2.05) is 29.3 Å². The van der Waals surface area contributed by atoms with E-state index in [9.17, 15) is 13.9 Å². The first-order chi connectivity index (χ1) is 15.5. The summed E-state index contributed by atoms with van der Waals surface area (Å²) in [5, 5.41) is 20.8. The molecule has 4 rings (SSSR count). The SMILES string of the molecule is CCc1ccc2c(c1)C(NCC(O)C(Cc1cc(F)cc(F)c1)Nc1cccs1)CSC2. The number of rotatable bonds is 9. The van der Waals surface area contributed by atoms with Crippen molar-refractivity contribution in [3.8, 4) is 0 Å². The van der Waals surface area contributed by atoms with Gasteiger partial charge >= 0.3 is 0 Å². The van der Waals surface area contributed by atoms with Crippen LogP contribution in [0, 0.1) is 11.6 Å². The van der Waals surface area contributed by atoms with Crippen LogP contribution in [0.15, 0.2) is 53.9 Å². The third-order valence-corrected chi connectivity index (χ3v) is 7.69. The van der Waals surface area contributed by atoms with Crippen LogP contribution >= 0.6 is 23.1 Å². The van der Waals surface area contributed by atoms with Crippen LogP contribution in [0.5, 0.6) is 0 Å². The molecule has 3 N–H and O–H groups in total. The van der Waals surface area contributed by atoms with Crippen LogP contribution in [0.1, 0.15) is 35.2 Å². The van der Waals surface area contributed by atoms with Crippen LogP contribution in [0.2, 0.25) is 0 Å². The van der Waals surface area contributed by atoms with E-state index in [0.717, 1.165) is 29.0 Å². The number of aliphatic hydroxyl groups excluding tert-OH is 1. The van der Waals surface area contributed by atoms with Gasteiger partial charge in [0.15, 0.2) is 0 Å². The van der Waals surface area contributed by atoms with Gasteiger partial charge in [0.05, 0.1) is 17.1 Å². The summed E-state index contributed by atoms with van der Waals surface area (Å²) in [5.41, 5.74) is 4.48. The number of fused-ring (bicyclic) bond motifs is 1. The van der Waals surface area contributed by atoms with Crippen LogP contribution in [0.3, 0.4) is 0 Å². The maximum Gasteiger partial charge on any atom is 0.126 e. The number of thiophene rings is 1. The summed E-state index contributed by atoms with van der Waals surface area (Å²) in [7, 11) is 0. The second-order valence-corrected chi connectivity index (χ2v) is 10.1. The van der Waals surface area contributed by atoms with E-state index in [1.165, 1.54) is 40.2 Å². The topological polar surface area (TPSA) is 44.3 Å². The number of benzene rings is 2. The third-order valence-electron chi connectivity index (χ3n) is 5.80. The van der Waals surface area contributed by atoms with E-state index in [1.54, 1.807) is 0 Å². The van der Waals surface area contributed by atoms with Gasteiger partial charge < -0.3 is 15.7 Å². The molecule has 0 saturated carbocycles. The molecular formula is C25H28F2N2OS2. The molecule has 0 amide bonds. The van der Waals surface area contributed by atoms with Crippen molar-refractivity contribution in [1.29, 1.82) is 0 Å². The standard InChI is InChI=1S/C25H28F2N2OS2/c1-2-16-5-6-18-14-31-15-23(21(18)10-16)28-13-24(30)22(29-25-4-3-7-32-25)11-17-8-19(26)12-20(27)9-17/h3-10,12,22-24,28-30H,2,11,13-15H2,1H3. The number of anilines is 1. The third kappa shape index (κ3) is 5.90. The zero-order valence-corrected chi connectivity index (χ0v) is 19.6. The smallest absolute Gasteiger partial charge is 0.126 e. The lowest BCUT2D eigenvalue weighted by atomic mass is 9.97. The Morgan fingerprint density at radius 1 is 1.09 bits per heavy atom. The van der Waals surface area contributed by atoms with Crippen molar-refractivity contribution in [2.45, 2.75) is 43.7 Å². The fraction of sp³-hybridized carbons (Fsp3) is 0.360. The van der Waals surface area contributed by atoms with Gasteiger partial charge in [-0.15, -0.1) is 11.3 Å². The zero-order chi connectivity index (χ0) is 22.5. The summed E-state index contributed by atoms with van der Waals surface area (Å²) in [5.74, 6) is 0.744. The van der Waals surface area contributed by atoms with E-state index < -0.39 is 17.7 Å². The molecular weight excluding hydrogens is 446 g/mol. The molecule has 2 aromatic carbocycles. The maximum absolute atomic E-state index is 13.7. The number of aryl methyl sites for hydroxylation is 1. The number of hydrogen-bond donors (Lipinski definition) is 3. The molecule has 0 radical (unpaired) electrons. The van der Waals surface area contributed by atoms with Gasteiger partial charge in [-0.3, -0.25) is 0 Å². The zero-order valence-electron chi connectivity index (χ0n) is 18.0. The Labute approximate surface area is 196 Å². The van der Waals surface area contributed by atoms with E-state index in [2.05, 4.69) is 35.8 Å². The molecule has 170 valence electrons. The minimum absolute atomic E-state index is 0.166. The van der Waals surface area contributed by atoms with E-state index in [4.69, 9.17) is 0 Å². The molecule has 0 saturated heterocycles. The molecule has 0 bridgehead atoms. The number of aliphatic hydroxyl groups is 1. The Morgan fingerprint density at radius 2 is 1.91 bits per heavy atom. The molecule has 1 aromatic heterocycles. The van der Waals surface area contributed by atoms with Crippen LogP contribution in [-0.2, 0) is 18.6 Å². The molecule has 7 heteroatoms. The molecule has 3 atom stereocenters. The van der Waals surface area contributed by atoms with Crippen molar-refractivity contribution in [2.24, 2.45) is 0 Å². The van der Waals surface area contributed by atoms with Gasteiger partial charge in [0.25, 0.3) is 0 Å². The molecule has 1 aliphatic rings. The van der Waals surface area contributed by atoms with Crippen LogP contribution < -0.4 is 10.6 Å². The molecule has 3 aromatic rings. The molecule has 32 heavy (non-hydrogen) atoms. The Hall–Kier alpha value is -1.93. The summed E-state index contributed by atoms with van der Waals surface area (Å²) in [6, 6.07) is 13.8. The first-order valence-corrected chi connectivity index (χ1v) is 12.9. The lowest BCUT2D eigenvalue weighted by molar-refractivity contribution is 0.146. The summed E-state index contributed by atoms with van der Waals surface area (Å²) < 4.78 is 27.4. The molecule has 2 heterocycles. The van der Waals surface area contributed by atoms with E-state index in [-0.39, 0.29) is 12.1 Å². The van der Waals surface area contributed by atoms with Gasteiger partial charge in [-0.25, -0.2) is 8.78 Å². The molecule has 0 spiro atoms. The van der Waals surface area contributed by atoms with Crippen LogP contribution in [0.25, 0.3) is 0 Å². The highest BCUT2D eigenvalue weighted by Gasteiger charge is 2.25. The Morgan fingerprint density at radius 3 is 2.62 bits per heavy atom. The van der Waals surface area contributed by atoms with Gasteiger partial charge in [-0.05, 0) is 64.7 Å². The average molecular weight is 475 g/mol. The highest BCUT2D eigenvalue weighted by Crippen LogP contribution is 2.32. The largest absolute Gasteiger partial charge is 0.390 e. The summed E-state index contributed by atoms with van der Waals surface area (Å²) in [6.45, 7) is 2.53. The molecule has 3 nitrogen and oxygen atoms in total. The summed E-state index contributed by atoms with van der Waals surface area (Å²) in [6.07, 6.45) is 0.561. The van der Waals surface area contributed by atoms with E-state index in [0.29, 0.717) is 18.5 Å². The van der Waals surface area contributed by atoms with Gasteiger partial charge in [0, 0.05) is 30.2 Å². The van der Waals surface area contributed by atoms with Gasteiger partial charge in [0.1, 0.15) is 11.6 Å². The number of hydrogen-bond acceptors (Lipinski definition) is 5. The normalized spacial score (nSPS) is 17.6. The van der Waals surface area contributed by atoms with Crippen molar-refractivity contribution in [2.75, 3.05) is 17.6 Å². The first-order valence-electron chi connectivity index (χ1n) is 10.9. The summed E-state index contributed by atoms with van der Waals surface area (Å²) >= 11 is 3.42. The highest BCUT2D eigenvalue weighted by atomic mass is 32.2. The average Bonchev–Trinajstić information content (AvgIpc) is 3.29. The fourth-order valence-electron chi connectivity index (χ4n) is 4.08. The van der Waals surface area contributed by atoms with Crippen molar-refractivity contribution in [1.82, 2.24) is 5.32 Å². The second-order valence-electron chi connectivity index (χ2n) is 8.14. The Balaban J connectivity index is 1.47. The fourth-order valence-corrected chi connectivity index (χ4v) is 5.89. The quantitative estimate of drug-likeness (QED) is 0.380. The lowest BCUT2D eigenvalue weighted by Crippen LogP contribution is -2.43. The van der Waals surface area contributed by atoms with Gasteiger partial charge in [-0.2, -0.15) is 11.8 Å². The second kappa shape index (κ2) is 10.8. The van der Waals surface area contributed by atoms with E-state index >= 15 is 0 Å². The van der Waals surface area contributed by atoms with Gasteiger partial charge in [-0.1, -0.05) is 25.1 Å². The molecule has 0 fully saturated rings. The number of halogens is 2. The summed E-state index contributed by atoms with van der Waals surface area (Å²) in [4.78, 5) is 0. The Bertz CT molecular complexity index is 1010. The minimum atomic E-state index is -0.742. The maximum atomic E-state index is 13.7. The van der Waals surface area contributed by atoms with Crippen molar-refractivity contribution >= 4 is 28.1 Å². The molecule has 1 aliphatic heterocycles. The Kier molecular flexibility index (Phi) is 7.84. The number of nitrogens with one attached hydrogen (secondary N) is 2.